The number of nitrogens with one attached hydrogen (secondary N) is 1. The second-order valence-corrected chi connectivity index (χ2v) is 7.27. The van der Waals surface area contributed by atoms with Gasteiger partial charge in [-0.05, 0) is 42.5 Å². The monoisotopic (exact) mass is 461 g/mol. The quantitative estimate of drug-likeness (QED) is 0.562. The summed E-state index contributed by atoms with van der Waals surface area (Å²) in [4.78, 5) is 39.7. The molecule has 2 aromatic carbocycles. The van der Waals surface area contributed by atoms with Crippen LogP contribution in [0.15, 0.2) is 42.5 Å². The number of alkyl halides is 3. The van der Waals surface area contributed by atoms with Crippen molar-refractivity contribution in [1.82, 2.24) is 15.1 Å². The van der Waals surface area contributed by atoms with E-state index in [2.05, 4.69) is 11.2 Å². The summed E-state index contributed by atoms with van der Waals surface area (Å²) in [5.74, 6) is -0.359. The van der Waals surface area contributed by atoms with Crippen LogP contribution in [-0.2, 0) is 11.0 Å². The highest BCUT2D eigenvalue weighted by molar-refractivity contribution is 5.97. The highest BCUT2D eigenvalue weighted by Gasteiger charge is 2.37. The topological polar surface area (TPSA) is 69.7 Å². The minimum Gasteiger partial charge on any atom is -0.343 e. The molecule has 0 saturated carbocycles. The van der Waals surface area contributed by atoms with Crippen LogP contribution in [0.2, 0.25) is 0 Å². The lowest BCUT2D eigenvalue weighted by Crippen LogP contribution is -2.52. The molecule has 1 N–H and O–H groups in total. The first-order chi connectivity index (χ1) is 15.6. The van der Waals surface area contributed by atoms with Gasteiger partial charge in [-0.2, -0.15) is 13.2 Å². The molecule has 0 bridgehead atoms. The fourth-order valence-electron chi connectivity index (χ4n) is 3.36. The molecule has 3 amide bonds. The lowest BCUT2D eigenvalue weighted by Gasteiger charge is -2.35. The third-order valence-electron chi connectivity index (χ3n) is 5.15. The lowest BCUT2D eigenvalue weighted by molar-refractivity contribution is -0.138. The summed E-state index contributed by atoms with van der Waals surface area (Å²) < 4.78 is 53.1. The van der Waals surface area contributed by atoms with Gasteiger partial charge in [-0.15, -0.1) is 6.42 Å². The van der Waals surface area contributed by atoms with Crippen LogP contribution in [0.1, 0.15) is 31.8 Å². The fourth-order valence-corrected chi connectivity index (χ4v) is 3.36. The summed E-state index contributed by atoms with van der Waals surface area (Å²) in [6.07, 6.45) is 0.450. The van der Waals surface area contributed by atoms with E-state index in [0.29, 0.717) is 29.3 Å². The summed E-state index contributed by atoms with van der Waals surface area (Å²) in [5, 5.41) is 2.49. The molecule has 0 atom stereocenters. The molecular weight excluding hydrogens is 442 g/mol. The third-order valence-corrected chi connectivity index (χ3v) is 5.15. The Morgan fingerprint density at radius 1 is 0.970 bits per heavy atom. The maximum Gasteiger partial charge on any atom is 0.417 e. The normalized spacial score (nSPS) is 13.9. The number of carbonyl (C=O) groups is 3. The van der Waals surface area contributed by atoms with Crippen molar-refractivity contribution in [1.29, 1.82) is 0 Å². The Kier molecular flexibility index (Phi) is 7.01. The van der Waals surface area contributed by atoms with E-state index in [1.807, 2.05) is 0 Å². The highest BCUT2D eigenvalue weighted by atomic mass is 19.4. The SMILES string of the molecule is C#Cc1ccc(C(=O)NCC(=O)N2CCN(C(=O)c3cc(F)ccc3C(F)(F)F)CC2)cc1. The molecule has 1 aliphatic rings. The number of amides is 3. The number of hydrogen-bond donors (Lipinski definition) is 1. The number of piperazine rings is 1. The number of nitrogens with zero attached hydrogens (tertiary/aromatic N) is 2. The summed E-state index contributed by atoms with van der Waals surface area (Å²) in [6.45, 7) is -0.215. The first-order valence-corrected chi connectivity index (χ1v) is 9.89. The van der Waals surface area contributed by atoms with E-state index < -0.39 is 40.8 Å². The first-order valence-electron chi connectivity index (χ1n) is 9.89. The van der Waals surface area contributed by atoms with Gasteiger partial charge in [0.2, 0.25) is 5.91 Å². The van der Waals surface area contributed by atoms with E-state index in [1.165, 1.54) is 17.0 Å². The van der Waals surface area contributed by atoms with Crippen LogP contribution in [0.4, 0.5) is 17.6 Å². The molecule has 1 aliphatic heterocycles. The summed E-state index contributed by atoms with van der Waals surface area (Å²) in [6, 6.07) is 7.99. The van der Waals surface area contributed by atoms with Crippen LogP contribution in [-0.4, -0.2) is 60.2 Å². The third kappa shape index (κ3) is 5.68. The number of terminal acetylenes is 1. The molecule has 1 heterocycles. The van der Waals surface area contributed by atoms with E-state index in [1.54, 1.807) is 12.1 Å². The van der Waals surface area contributed by atoms with Crippen LogP contribution < -0.4 is 5.32 Å². The molecular formula is C23H19F4N3O3. The van der Waals surface area contributed by atoms with Gasteiger partial charge >= 0.3 is 6.18 Å². The predicted molar refractivity (Wildman–Crippen MR) is 111 cm³/mol. The van der Waals surface area contributed by atoms with Gasteiger partial charge in [0.25, 0.3) is 11.8 Å². The molecule has 1 saturated heterocycles. The Hall–Kier alpha value is -3.87. The first kappa shape index (κ1) is 23.8. The molecule has 33 heavy (non-hydrogen) atoms. The lowest BCUT2D eigenvalue weighted by atomic mass is 10.0. The van der Waals surface area contributed by atoms with Crippen molar-refractivity contribution in [2.24, 2.45) is 0 Å². The molecule has 0 unspecified atom stereocenters. The van der Waals surface area contributed by atoms with Crippen molar-refractivity contribution < 1.29 is 31.9 Å². The number of carbonyl (C=O) groups excluding carboxylic acids is 3. The van der Waals surface area contributed by atoms with Crippen molar-refractivity contribution in [3.63, 3.8) is 0 Å². The Balaban J connectivity index is 1.56. The smallest absolute Gasteiger partial charge is 0.343 e. The molecule has 172 valence electrons. The van der Waals surface area contributed by atoms with E-state index in [0.717, 1.165) is 4.90 Å². The number of benzene rings is 2. The summed E-state index contributed by atoms with van der Waals surface area (Å²) in [5.41, 5.74) is -1.06. The minimum atomic E-state index is -4.81. The molecule has 10 heteroatoms. The number of halogens is 4. The molecule has 0 radical (unpaired) electrons. The van der Waals surface area contributed by atoms with E-state index in [9.17, 15) is 31.9 Å². The molecule has 0 spiro atoms. The zero-order chi connectivity index (χ0) is 24.2. The molecule has 0 aromatic heterocycles. The largest absolute Gasteiger partial charge is 0.417 e. The van der Waals surface area contributed by atoms with Crippen molar-refractivity contribution in [2.75, 3.05) is 32.7 Å². The molecule has 1 fully saturated rings. The van der Waals surface area contributed by atoms with Crippen molar-refractivity contribution in [3.8, 4) is 12.3 Å². The fraction of sp³-hybridized carbons (Fsp3) is 0.261. The summed E-state index contributed by atoms with van der Waals surface area (Å²) in [7, 11) is 0. The van der Waals surface area contributed by atoms with Gasteiger partial charge < -0.3 is 15.1 Å². The van der Waals surface area contributed by atoms with Crippen LogP contribution in [0, 0.1) is 18.2 Å². The minimum absolute atomic E-state index is 0.0279. The molecule has 3 rings (SSSR count). The Morgan fingerprint density at radius 3 is 2.15 bits per heavy atom. The average Bonchev–Trinajstić information content (AvgIpc) is 2.81. The molecule has 2 aromatic rings. The van der Waals surface area contributed by atoms with Crippen LogP contribution >= 0.6 is 0 Å². The standard InChI is InChI=1S/C23H19F4N3O3/c1-2-15-3-5-16(6-4-15)21(32)28-14-20(31)29-9-11-30(12-10-29)22(33)18-13-17(24)7-8-19(18)23(25,26)27/h1,3-8,13H,9-12,14H2,(H,28,32). The van der Waals surface area contributed by atoms with Gasteiger partial charge in [0.15, 0.2) is 0 Å². The zero-order valence-corrected chi connectivity index (χ0v) is 17.3. The number of rotatable bonds is 4. The maximum absolute atomic E-state index is 13.5. The van der Waals surface area contributed by atoms with Gasteiger partial charge in [-0.3, -0.25) is 14.4 Å². The second kappa shape index (κ2) is 9.73. The summed E-state index contributed by atoms with van der Waals surface area (Å²) >= 11 is 0. The van der Waals surface area contributed by atoms with Crippen LogP contribution in [0.5, 0.6) is 0 Å². The van der Waals surface area contributed by atoms with Crippen molar-refractivity contribution >= 4 is 17.7 Å². The molecule has 0 aliphatic carbocycles. The zero-order valence-electron chi connectivity index (χ0n) is 17.3. The predicted octanol–water partition coefficient (Wildman–Crippen LogP) is 2.54. The second-order valence-electron chi connectivity index (χ2n) is 7.27. The Morgan fingerprint density at radius 2 is 1.58 bits per heavy atom. The van der Waals surface area contributed by atoms with E-state index in [-0.39, 0.29) is 32.7 Å². The van der Waals surface area contributed by atoms with Crippen LogP contribution in [0.3, 0.4) is 0 Å². The van der Waals surface area contributed by atoms with Gasteiger partial charge in [-0.1, -0.05) is 5.92 Å². The maximum atomic E-state index is 13.5. The van der Waals surface area contributed by atoms with Crippen LogP contribution in [0.25, 0.3) is 0 Å². The highest BCUT2D eigenvalue weighted by Crippen LogP contribution is 2.33. The van der Waals surface area contributed by atoms with Gasteiger partial charge in [-0.25, -0.2) is 4.39 Å². The van der Waals surface area contributed by atoms with Gasteiger partial charge in [0.1, 0.15) is 5.82 Å². The van der Waals surface area contributed by atoms with Gasteiger partial charge in [0.05, 0.1) is 17.7 Å². The average molecular weight is 461 g/mol. The van der Waals surface area contributed by atoms with Crippen molar-refractivity contribution in [3.05, 3.63) is 70.5 Å². The van der Waals surface area contributed by atoms with E-state index >= 15 is 0 Å². The Labute approximate surface area is 187 Å². The van der Waals surface area contributed by atoms with E-state index in [4.69, 9.17) is 6.42 Å². The molecule has 6 nitrogen and oxygen atoms in total. The van der Waals surface area contributed by atoms with Gasteiger partial charge in [0, 0.05) is 37.3 Å². The number of hydrogen-bond acceptors (Lipinski definition) is 3. The van der Waals surface area contributed by atoms with Crippen molar-refractivity contribution in [2.45, 2.75) is 6.18 Å². The Bertz CT molecular complexity index is 1100.